The largest absolute Gasteiger partial charge is 0.374 e. The number of hydrogen-bond donors (Lipinski definition) is 1. The molecule has 0 radical (unpaired) electrons. The van der Waals surface area contributed by atoms with Gasteiger partial charge in [-0.05, 0) is 12.1 Å². The Labute approximate surface area is 78.2 Å². The number of para-hydroxylation sites is 1. The van der Waals surface area contributed by atoms with Crippen molar-refractivity contribution in [2.75, 3.05) is 18.5 Å². The fourth-order valence-electron chi connectivity index (χ4n) is 1.09. The number of rotatable bonds is 4. The van der Waals surface area contributed by atoms with Gasteiger partial charge in [0.2, 0.25) is 5.91 Å². The van der Waals surface area contributed by atoms with E-state index in [1.54, 1.807) is 0 Å². The number of anilines is 1. The van der Waals surface area contributed by atoms with Crippen LogP contribution in [-0.2, 0) is 4.79 Å². The van der Waals surface area contributed by atoms with Crippen LogP contribution in [-0.4, -0.2) is 19.5 Å². The molecule has 70 valence electrons. The van der Waals surface area contributed by atoms with Crippen LogP contribution in [0.4, 0.5) is 5.69 Å². The summed E-state index contributed by atoms with van der Waals surface area (Å²) in [6.07, 6.45) is 0.394. The first kappa shape index (κ1) is 9.58. The minimum atomic E-state index is -0.261. The van der Waals surface area contributed by atoms with E-state index in [4.69, 9.17) is 5.73 Å². The summed E-state index contributed by atoms with van der Waals surface area (Å²) in [4.78, 5) is 12.5. The molecule has 1 aromatic carbocycles. The summed E-state index contributed by atoms with van der Waals surface area (Å²) >= 11 is 0. The van der Waals surface area contributed by atoms with E-state index in [1.807, 2.05) is 42.3 Å². The van der Waals surface area contributed by atoms with Gasteiger partial charge in [-0.3, -0.25) is 4.79 Å². The van der Waals surface area contributed by atoms with Crippen LogP contribution < -0.4 is 10.6 Å². The molecule has 1 aromatic rings. The van der Waals surface area contributed by atoms with Gasteiger partial charge >= 0.3 is 0 Å². The second-order valence-electron chi connectivity index (χ2n) is 2.97. The number of primary amides is 1. The van der Waals surface area contributed by atoms with Crippen LogP contribution in [0, 0.1) is 0 Å². The van der Waals surface area contributed by atoms with Gasteiger partial charge in [0.15, 0.2) is 0 Å². The SMILES string of the molecule is CN(CCC(N)=O)c1ccccc1. The summed E-state index contributed by atoms with van der Waals surface area (Å²) in [7, 11) is 1.94. The standard InChI is InChI=1S/C10H14N2O/c1-12(8-7-10(11)13)9-5-3-2-4-6-9/h2-6H,7-8H2,1H3,(H2,11,13). The van der Waals surface area contributed by atoms with Gasteiger partial charge in [-0.1, -0.05) is 18.2 Å². The Morgan fingerprint density at radius 1 is 1.38 bits per heavy atom. The minimum Gasteiger partial charge on any atom is -0.374 e. The van der Waals surface area contributed by atoms with Crippen LogP contribution in [0.2, 0.25) is 0 Å². The van der Waals surface area contributed by atoms with Crippen LogP contribution >= 0.6 is 0 Å². The van der Waals surface area contributed by atoms with E-state index in [2.05, 4.69) is 0 Å². The molecule has 0 aliphatic carbocycles. The van der Waals surface area contributed by atoms with Crippen molar-refractivity contribution in [1.29, 1.82) is 0 Å². The number of amides is 1. The van der Waals surface area contributed by atoms with Crippen LogP contribution in [0.3, 0.4) is 0 Å². The van der Waals surface area contributed by atoms with Gasteiger partial charge in [-0.25, -0.2) is 0 Å². The van der Waals surface area contributed by atoms with Crippen molar-refractivity contribution in [2.45, 2.75) is 6.42 Å². The quantitative estimate of drug-likeness (QED) is 0.747. The third-order valence-corrected chi connectivity index (χ3v) is 1.89. The number of benzene rings is 1. The smallest absolute Gasteiger partial charge is 0.219 e. The third-order valence-electron chi connectivity index (χ3n) is 1.89. The topological polar surface area (TPSA) is 46.3 Å². The van der Waals surface area contributed by atoms with Gasteiger partial charge in [0.25, 0.3) is 0 Å². The molecule has 0 saturated heterocycles. The number of carbonyl (C=O) groups is 1. The van der Waals surface area contributed by atoms with E-state index in [1.165, 1.54) is 0 Å². The van der Waals surface area contributed by atoms with Gasteiger partial charge in [-0.15, -0.1) is 0 Å². The first-order valence-electron chi connectivity index (χ1n) is 4.24. The molecular weight excluding hydrogens is 164 g/mol. The van der Waals surface area contributed by atoms with E-state index in [9.17, 15) is 4.79 Å². The molecule has 0 saturated carbocycles. The van der Waals surface area contributed by atoms with Gasteiger partial charge < -0.3 is 10.6 Å². The Kier molecular flexibility index (Phi) is 3.31. The van der Waals surface area contributed by atoms with Gasteiger partial charge in [0, 0.05) is 25.7 Å². The lowest BCUT2D eigenvalue weighted by Gasteiger charge is -2.17. The highest BCUT2D eigenvalue weighted by Crippen LogP contribution is 2.10. The second-order valence-corrected chi connectivity index (χ2v) is 2.97. The first-order valence-corrected chi connectivity index (χ1v) is 4.24. The van der Waals surface area contributed by atoms with Crippen molar-refractivity contribution < 1.29 is 4.79 Å². The molecule has 3 nitrogen and oxygen atoms in total. The Balaban J connectivity index is 2.49. The lowest BCUT2D eigenvalue weighted by molar-refractivity contribution is -0.117. The molecule has 0 bridgehead atoms. The van der Waals surface area contributed by atoms with E-state index in [0.29, 0.717) is 13.0 Å². The number of nitrogens with zero attached hydrogens (tertiary/aromatic N) is 1. The Morgan fingerprint density at radius 2 is 2.00 bits per heavy atom. The molecule has 3 heteroatoms. The highest BCUT2D eigenvalue weighted by Gasteiger charge is 2.00. The van der Waals surface area contributed by atoms with E-state index >= 15 is 0 Å². The highest BCUT2D eigenvalue weighted by molar-refractivity contribution is 5.74. The van der Waals surface area contributed by atoms with Gasteiger partial charge in [0.05, 0.1) is 0 Å². The normalized spacial score (nSPS) is 9.62. The molecule has 0 aromatic heterocycles. The molecule has 0 aliphatic heterocycles. The molecule has 13 heavy (non-hydrogen) atoms. The molecule has 1 rings (SSSR count). The minimum absolute atomic E-state index is 0.261. The van der Waals surface area contributed by atoms with Crippen molar-refractivity contribution in [3.05, 3.63) is 30.3 Å². The van der Waals surface area contributed by atoms with Crippen LogP contribution in [0.15, 0.2) is 30.3 Å². The average molecular weight is 178 g/mol. The lowest BCUT2D eigenvalue weighted by atomic mass is 10.3. The van der Waals surface area contributed by atoms with Crippen molar-refractivity contribution >= 4 is 11.6 Å². The number of hydrogen-bond acceptors (Lipinski definition) is 2. The summed E-state index contributed by atoms with van der Waals surface area (Å²) in [6.45, 7) is 0.666. The fourth-order valence-corrected chi connectivity index (χ4v) is 1.09. The average Bonchev–Trinajstić information content (AvgIpc) is 2.15. The van der Waals surface area contributed by atoms with Crippen LogP contribution in [0.5, 0.6) is 0 Å². The molecule has 2 N–H and O–H groups in total. The zero-order valence-electron chi connectivity index (χ0n) is 7.73. The lowest BCUT2D eigenvalue weighted by Crippen LogP contribution is -2.23. The second kappa shape index (κ2) is 4.50. The monoisotopic (exact) mass is 178 g/mol. The fraction of sp³-hybridized carbons (Fsp3) is 0.300. The van der Waals surface area contributed by atoms with E-state index in [0.717, 1.165) is 5.69 Å². The molecule has 0 unspecified atom stereocenters. The molecule has 1 amide bonds. The molecule has 0 heterocycles. The Bertz CT molecular complexity index is 272. The number of nitrogens with two attached hydrogens (primary N) is 1. The van der Waals surface area contributed by atoms with Crippen LogP contribution in [0.1, 0.15) is 6.42 Å². The third kappa shape index (κ3) is 3.15. The zero-order valence-corrected chi connectivity index (χ0v) is 7.73. The number of carbonyl (C=O) groups excluding carboxylic acids is 1. The van der Waals surface area contributed by atoms with Gasteiger partial charge in [0.1, 0.15) is 0 Å². The van der Waals surface area contributed by atoms with E-state index < -0.39 is 0 Å². The molecule has 0 aliphatic rings. The van der Waals surface area contributed by atoms with Crippen molar-refractivity contribution in [1.82, 2.24) is 0 Å². The molecule has 0 fully saturated rings. The predicted molar refractivity (Wildman–Crippen MR) is 53.5 cm³/mol. The van der Waals surface area contributed by atoms with Crippen molar-refractivity contribution in [3.63, 3.8) is 0 Å². The van der Waals surface area contributed by atoms with E-state index in [-0.39, 0.29) is 5.91 Å². The summed E-state index contributed by atoms with van der Waals surface area (Å²) in [5, 5.41) is 0. The van der Waals surface area contributed by atoms with Crippen molar-refractivity contribution in [3.8, 4) is 0 Å². The predicted octanol–water partition coefficient (Wildman–Crippen LogP) is 0.998. The zero-order chi connectivity index (χ0) is 9.68. The summed E-state index contributed by atoms with van der Waals surface area (Å²) in [5.74, 6) is -0.261. The Hall–Kier alpha value is -1.51. The highest BCUT2D eigenvalue weighted by atomic mass is 16.1. The van der Waals surface area contributed by atoms with Gasteiger partial charge in [-0.2, -0.15) is 0 Å². The van der Waals surface area contributed by atoms with Crippen LogP contribution in [0.25, 0.3) is 0 Å². The summed E-state index contributed by atoms with van der Waals surface area (Å²) in [6, 6.07) is 9.90. The molecular formula is C10H14N2O. The summed E-state index contributed by atoms with van der Waals surface area (Å²) < 4.78 is 0. The summed E-state index contributed by atoms with van der Waals surface area (Å²) in [5.41, 5.74) is 6.15. The maximum atomic E-state index is 10.5. The molecule has 0 atom stereocenters. The Morgan fingerprint density at radius 3 is 2.54 bits per heavy atom. The van der Waals surface area contributed by atoms with Crippen molar-refractivity contribution in [2.24, 2.45) is 5.73 Å². The molecule has 0 spiro atoms. The maximum absolute atomic E-state index is 10.5. The maximum Gasteiger partial charge on any atom is 0.219 e. The first-order chi connectivity index (χ1) is 6.20.